The summed E-state index contributed by atoms with van der Waals surface area (Å²) >= 11 is 1.48. The number of hydrogen-bond donors (Lipinski definition) is 1. The minimum atomic E-state index is 0.102. The third kappa shape index (κ3) is 3.77. The summed E-state index contributed by atoms with van der Waals surface area (Å²) in [5.41, 5.74) is 2.32. The van der Waals surface area contributed by atoms with Crippen LogP contribution in [-0.2, 0) is 11.3 Å². The minimum absolute atomic E-state index is 0.102. The van der Waals surface area contributed by atoms with E-state index in [0.29, 0.717) is 24.1 Å². The molecule has 1 aromatic carbocycles. The normalized spacial score (nSPS) is 29.8. The second kappa shape index (κ2) is 7.68. The van der Waals surface area contributed by atoms with Gasteiger partial charge in [0.25, 0.3) is 0 Å². The van der Waals surface area contributed by atoms with Gasteiger partial charge in [-0.05, 0) is 73.8 Å². The van der Waals surface area contributed by atoms with Gasteiger partial charge in [-0.1, -0.05) is 23.9 Å². The maximum absolute atomic E-state index is 12.6. The number of nitrogens with zero attached hydrogens (tertiary/aromatic N) is 3. The Bertz CT molecular complexity index is 924. The highest BCUT2D eigenvalue weighted by molar-refractivity contribution is 7.99. The number of imidazole rings is 1. The average Bonchev–Trinajstić information content (AvgIpc) is 3.06. The summed E-state index contributed by atoms with van der Waals surface area (Å²) in [5, 5.41) is 13.1. The first-order valence-electron chi connectivity index (χ1n) is 10.9. The number of benzene rings is 1. The van der Waals surface area contributed by atoms with Gasteiger partial charge >= 0.3 is 0 Å². The van der Waals surface area contributed by atoms with E-state index in [2.05, 4.69) is 20.9 Å². The molecule has 4 saturated carbocycles. The Hall–Kier alpha value is -2.00. The summed E-state index contributed by atoms with van der Waals surface area (Å²) in [6.07, 6.45) is 8.68. The molecule has 5 nitrogen and oxygen atoms in total. The van der Waals surface area contributed by atoms with Gasteiger partial charge in [0.1, 0.15) is 0 Å². The van der Waals surface area contributed by atoms with E-state index in [0.717, 1.165) is 40.5 Å². The van der Waals surface area contributed by atoms with Crippen LogP contribution in [0.5, 0.6) is 0 Å². The third-order valence-electron chi connectivity index (χ3n) is 7.22. The van der Waals surface area contributed by atoms with Crippen LogP contribution < -0.4 is 5.32 Å². The number of thioether (sulfide) groups is 1. The molecule has 1 aromatic heterocycles. The number of fused-ring (bicyclic) bond motifs is 1. The smallest absolute Gasteiger partial charge is 0.230 e. The Morgan fingerprint density at radius 1 is 1.21 bits per heavy atom. The molecule has 1 amide bonds. The molecule has 0 aliphatic heterocycles. The second-order valence-corrected chi connectivity index (χ2v) is 10.4. The van der Waals surface area contributed by atoms with Gasteiger partial charge in [-0.3, -0.25) is 4.79 Å². The van der Waals surface area contributed by atoms with Crippen molar-refractivity contribution in [2.45, 2.75) is 56.6 Å². The quantitative estimate of drug-likeness (QED) is 0.691. The van der Waals surface area contributed by atoms with Crippen LogP contribution in [0.25, 0.3) is 11.0 Å². The number of rotatable bonds is 7. The maximum atomic E-state index is 12.6. The van der Waals surface area contributed by atoms with Gasteiger partial charge in [0.2, 0.25) is 5.91 Å². The van der Waals surface area contributed by atoms with Crippen LogP contribution in [0.3, 0.4) is 0 Å². The molecule has 0 radical (unpaired) electrons. The van der Waals surface area contributed by atoms with Crippen molar-refractivity contribution in [1.29, 1.82) is 5.26 Å². The van der Waals surface area contributed by atoms with Crippen LogP contribution in [0.2, 0.25) is 0 Å². The van der Waals surface area contributed by atoms with Gasteiger partial charge < -0.3 is 9.88 Å². The Kier molecular flexibility index (Phi) is 5.03. The molecule has 1 heterocycles. The van der Waals surface area contributed by atoms with E-state index in [4.69, 9.17) is 5.26 Å². The molecule has 0 atom stereocenters. The average molecular weight is 409 g/mol. The SMILES string of the molecule is N#CCCn1c(SCC(=O)NCC23CC4CC(CC(C4)C2)C3)nc2ccccc21. The Morgan fingerprint density at radius 2 is 1.90 bits per heavy atom. The van der Waals surface area contributed by atoms with Crippen LogP contribution in [0.4, 0.5) is 0 Å². The van der Waals surface area contributed by atoms with E-state index in [1.807, 2.05) is 24.3 Å². The van der Waals surface area contributed by atoms with Gasteiger partial charge in [-0.2, -0.15) is 5.26 Å². The molecule has 4 bridgehead atoms. The van der Waals surface area contributed by atoms with Gasteiger partial charge in [-0.25, -0.2) is 4.98 Å². The predicted molar refractivity (Wildman–Crippen MR) is 114 cm³/mol. The highest BCUT2D eigenvalue weighted by Gasteiger charge is 2.50. The van der Waals surface area contributed by atoms with E-state index in [9.17, 15) is 4.79 Å². The summed E-state index contributed by atoms with van der Waals surface area (Å²) in [7, 11) is 0. The zero-order chi connectivity index (χ0) is 19.8. The highest BCUT2D eigenvalue weighted by Crippen LogP contribution is 2.59. The fourth-order valence-corrected chi connectivity index (χ4v) is 7.39. The number of carbonyl (C=O) groups excluding carboxylic acids is 1. The molecular formula is C23H28N4OS. The van der Waals surface area contributed by atoms with Crippen LogP contribution in [0, 0.1) is 34.5 Å². The Morgan fingerprint density at radius 3 is 2.59 bits per heavy atom. The van der Waals surface area contributed by atoms with Gasteiger partial charge in [0.15, 0.2) is 5.16 Å². The number of nitrogens with one attached hydrogen (secondary N) is 1. The molecule has 6 heteroatoms. The van der Waals surface area contributed by atoms with Crippen LogP contribution in [-0.4, -0.2) is 27.8 Å². The van der Waals surface area contributed by atoms with E-state index < -0.39 is 0 Å². The highest BCUT2D eigenvalue weighted by atomic mass is 32.2. The lowest BCUT2D eigenvalue weighted by Crippen LogP contribution is -2.51. The third-order valence-corrected chi connectivity index (χ3v) is 8.20. The number of carbonyl (C=O) groups is 1. The molecule has 0 spiro atoms. The van der Waals surface area contributed by atoms with Crippen molar-refractivity contribution < 1.29 is 4.79 Å². The zero-order valence-electron chi connectivity index (χ0n) is 16.8. The standard InChI is InChI=1S/C23H28N4OS/c24-6-3-7-27-20-5-2-1-4-19(20)26-22(27)29-14-21(28)25-15-23-11-16-8-17(12-23)10-18(9-16)13-23/h1-2,4-5,16-18H,3,7-15H2,(H,25,28). The van der Waals surface area contributed by atoms with E-state index >= 15 is 0 Å². The van der Waals surface area contributed by atoms with Crippen LogP contribution in [0.15, 0.2) is 29.4 Å². The van der Waals surface area contributed by atoms with Crippen molar-refractivity contribution >= 4 is 28.7 Å². The van der Waals surface area contributed by atoms with Gasteiger partial charge in [-0.15, -0.1) is 0 Å². The lowest BCUT2D eigenvalue weighted by Gasteiger charge is -2.56. The fraction of sp³-hybridized carbons (Fsp3) is 0.609. The molecule has 29 heavy (non-hydrogen) atoms. The van der Waals surface area contributed by atoms with Crippen LogP contribution in [0.1, 0.15) is 44.9 Å². The lowest BCUT2D eigenvalue weighted by molar-refractivity contribution is -0.120. The number of nitriles is 1. The predicted octanol–water partition coefficient (Wildman–Crippen LogP) is 4.37. The van der Waals surface area contributed by atoms with Crippen molar-refractivity contribution in [3.05, 3.63) is 24.3 Å². The van der Waals surface area contributed by atoms with E-state index in [1.165, 1.54) is 50.3 Å². The monoisotopic (exact) mass is 408 g/mol. The minimum Gasteiger partial charge on any atom is -0.355 e. The fourth-order valence-electron chi connectivity index (χ4n) is 6.52. The largest absolute Gasteiger partial charge is 0.355 e. The first kappa shape index (κ1) is 19.0. The van der Waals surface area contributed by atoms with Crippen molar-refractivity contribution in [2.24, 2.45) is 23.2 Å². The second-order valence-electron chi connectivity index (χ2n) is 9.43. The molecule has 6 rings (SSSR count). The number of aryl methyl sites for hydroxylation is 1. The Balaban J connectivity index is 1.21. The molecule has 152 valence electrons. The number of aromatic nitrogens is 2. The summed E-state index contributed by atoms with van der Waals surface area (Å²) in [5.74, 6) is 3.21. The number of hydrogen-bond acceptors (Lipinski definition) is 4. The summed E-state index contributed by atoms with van der Waals surface area (Å²) < 4.78 is 2.07. The van der Waals surface area contributed by atoms with Crippen molar-refractivity contribution in [2.75, 3.05) is 12.3 Å². The summed E-state index contributed by atoms with van der Waals surface area (Å²) in [4.78, 5) is 17.3. The molecule has 4 aliphatic carbocycles. The molecule has 0 saturated heterocycles. The van der Waals surface area contributed by atoms with Crippen molar-refractivity contribution in [1.82, 2.24) is 14.9 Å². The molecule has 1 N–H and O–H groups in total. The first-order chi connectivity index (χ1) is 14.1. The zero-order valence-corrected chi connectivity index (χ0v) is 17.6. The van der Waals surface area contributed by atoms with Crippen molar-refractivity contribution in [3.63, 3.8) is 0 Å². The summed E-state index contributed by atoms with van der Waals surface area (Å²) in [6, 6.07) is 10.2. The number of para-hydroxylation sites is 2. The number of amides is 1. The molecule has 0 unspecified atom stereocenters. The molecule has 2 aromatic rings. The van der Waals surface area contributed by atoms with Gasteiger partial charge in [0, 0.05) is 13.1 Å². The first-order valence-corrected chi connectivity index (χ1v) is 11.8. The molecule has 4 fully saturated rings. The Labute approximate surface area is 176 Å². The van der Waals surface area contributed by atoms with Gasteiger partial charge in [0.05, 0.1) is 29.3 Å². The maximum Gasteiger partial charge on any atom is 0.230 e. The lowest BCUT2D eigenvalue weighted by atomic mass is 9.49. The summed E-state index contributed by atoms with van der Waals surface area (Å²) in [6.45, 7) is 1.45. The van der Waals surface area contributed by atoms with Crippen molar-refractivity contribution in [3.8, 4) is 6.07 Å². The molecular weight excluding hydrogens is 380 g/mol. The molecule has 4 aliphatic rings. The van der Waals surface area contributed by atoms with E-state index in [-0.39, 0.29) is 5.91 Å². The van der Waals surface area contributed by atoms with Crippen LogP contribution >= 0.6 is 11.8 Å². The van der Waals surface area contributed by atoms with E-state index in [1.54, 1.807) is 0 Å². The topological polar surface area (TPSA) is 70.7 Å².